The number of aryl methyl sites for hydroxylation is 1. The summed E-state index contributed by atoms with van der Waals surface area (Å²) in [5, 5.41) is 2.59. The van der Waals surface area contributed by atoms with Crippen LogP contribution in [0.1, 0.15) is 31.4 Å². The van der Waals surface area contributed by atoms with Gasteiger partial charge < -0.3 is 10.2 Å². The molecule has 5 heteroatoms. The molecule has 1 aliphatic rings. The number of amides is 1. The van der Waals surface area contributed by atoms with Gasteiger partial charge in [0.05, 0.1) is 5.69 Å². The maximum atomic E-state index is 11.5. The van der Waals surface area contributed by atoms with Crippen molar-refractivity contribution in [2.24, 2.45) is 5.73 Å². The molecular weight excluding hydrogens is 194 g/mol. The molecule has 5 nitrogen and oxygen atoms in total. The van der Waals surface area contributed by atoms with E-state index in [-0.39, 0.29) is 17.5 Å². The summed E-state index contributed by atoms with van der Waals surface area (Å²) in [5.74, 6) is -0.126. The average molecular weight is 209 g/mol. The summed E-state index contributed by atoms with van der Waals surface area (Å²) >= 11 is 0. The van der Waals surface area contributed by atoms with Crippen LogP contribution in [0.15, 0.2) is 10.7 Å². The van der Waals surface area contributed by atoms with E-state index in [1.54, 1.807) is 6.92 Å². The van der Waals surface area contributed by atoms with E-state index < -0.39 is 0 Å². The van der Waals surface area contributed by atoms with Gasteiger partial charge in [0, 0.05) is 12.0 Å². The molecule has 82 valence electrons. The molecule has 0 radical (unpaired) electrons. The number of aromatic nitrogens is 1. The summed E-state index contributed by atoms with van der Waals surface area (Å²) in [5.41, 5.74) is 6.40. The van der Waals surface area contributed by atoms with E-state index in [1.807, 2.05) is 0 Å². The number of oxazole rings is 1. The fraction of sp³-hybridized carbons (Fsp3) is 0.600. The molecule has 1 amide bonds. The van der Waals surface area contributed by atoms with E-state index in [0.717, 1.165) is 25.0 Å². The minimum atomic E-state index is -0.300. The lowest BCUT2D eigenvalue weighted by Gasteiger charge is -2.37. The molecule has 0 saturated heterocycles. The molecule has 0 bridgehead atoms. The van der Waals surface area contributed by atoms with E-state index in [0.29, 0.717) is 6.42 Å². The van der Waals surface area contributed by atoms with E-state index in [9.17, 15) is 4.79 Å². The number of nitrogens with one attached hydrogen (secondary N) is 1. The van der Waals surface area contributed by atoms with E-state index >= 15 is 0 Å². The van der Waals surface area contributed by atoms with Gasteiger partial charge in [0.25, 0.3) is 0 Å². The van der Waals surface area contributed by atoms with Crippen LogP contribution < -0.4 is 11.1 Å². The van der Waals surface area contributed by atoms with Crippen LogP contribution >= 0.6 is 0 Å². The van der Waals surface area contributed by atoms with Gasteiger partial charge in [-0.05, 0) is 26.2 Å². The molecule has 3 N–H and O–H groups in total. The number of hydrogen-bond acceptors (Lipinski definition) is 4. The first-order valence-electron chi connectivity index (χ1n) is 5.08. The normalized spacial score (nSPS) is 18.3. The Morgan fingerprint density at radius 3 is 2.93 bits per heavy atom. The summed E-state index contributed by atoms with van der Waals surface area (Å²) in [7, 11) is 0. The summed E-state index contributed by atoms with van der Waals surface area (Å²) in [6, 6.07) is 0.250. The van der Waals surface area contributed by atoms with Gasteiger partial charge in [-0.2, -0.15) is 4.98 Å². The largest absolute Gasteiger partial charge is 0.432 e. The molecule has 1 heterocycles. The Hall–Kier alpha value is -1.36. The van der Waals surface area contributed by atoms with Crippen molar-refractivity contribution in [3.8, 4) is 0 Å². The zero-order valence-corrected chi connectivity index (χ0v) is 8.75. The first-order valence-corrected chi connectivity index (χ1v) is 5.08. The highest BCUT2D eigenvalue weighted by Crippen LogP contribution is 2.32. The molecule has 1 aromatic heterocycles. The second-order valence-corrected chi connectivity index (χ2v) is 4.23. The van der Waals surface area contributed by atoms with Crippen molar-refractivity contribution in [1.29, 1.82) is 0 Å². The molecule has 0 atom stereocenters. The lowest BCUT2D eigenvalue weighted by atomic mass is 9.75. The minimum Gasteiger partial charge on any atom is -0.432 e. The van der Waals surface area contributed by atoms with Crippen molar-refractivity contribution in [2.45, 2.75) is 38.1 Å². The van der Waals surface area contributed by atoms with Gasteiger partial charge in [0.15, 0.2) is 0 Å². The zero-order chi connectivity index (χ0) is 10.9. The molecule has 0 spiro atoms. The number of anilines is 1. The predicted octanol–water partition coefficient (Wildman–Crippen LogP) is 1.19. The quantitative estimate of drug-likeness (QED) is 0.783. The molecule has 0 unspecified atom stereocenters. The maximum absolute atomic E-state index is 11.5. The third kappa shape index (κ3) is 2.36. The molecule has 0 aliphatic heterocycles. The topological polar surface area (TPSA) is 81.2 Å². The smallest absolute Gasteiger partial charge is 0.301 e. The zero-order valence-electron chi connectivity index (χ0n) is 8.75. The third-order valence-corrected chi connectivity index (χ3v) is 2.73. The number of rotatable bonds is 3. The Morgan fingerprint density at radius 2 is 2.47 bits per heavy atom. The summed E-state index contributed by atoms with van der Waals surface area (Å²) in [6.07, 6.45) is 4.80. The summed E-state index contributed by atoms with van der Waals surface area (Å²) in [6.45, 7) is 1.80. The third-order valence-electron chi connectivity index (χ3n) is 2.73. The van der Waals surface area contributed by atoms with E-state index in [4.69, 9.17) is 10.2 Å². The van der Waals surface area contributed by atoms with Gasteiger partial charge in [-0.25, -0.2) is 0 Å². The van der Waals surface area contributed by atoms with E-state index in [1.165, 1.54) is 6.26 Å². The monoisotopic (exact) mass is 209 g/mol. The molecule has 2 rings (SSSR count). The molecule has 1 aromatic rings. The number of carbonyl (C=O) groups excluding carboxylic acids is 1. The maximum Gasteiger partial charge on any atom is 0.301 e. The van der Waals surface area contributed by atoms with Gasteiger partial charge in [0.1, 0.15) is 6.26 Å². The number of hydrogen-bond donors (Lipinski definition) is 2. The van der Waals surface area contributed by atoms with Crippen molar-refractivity contribution in [1.82, 2.24) is 4.98 Å². The highest BCUT2D eigenvalue weighted by Gasteiger charge is 2.34. The first-order chi connectivity index (χ1) is 7.07. The number of nitrogens with zero attached hydrogens (tertiary/aromatic N) is 1. The standard InChI is InChI=1S/C10H15N3O2/c1-7-6-15-9(12-7)13-8(14)5-10(11)3-2-4-10/h6H,2-5,11H2,1H3,(H,12,13,14). The van der Waals surface area contributed by atoms with Gasteiger partial charge in [-0.15, -0.1) is 0 Å². The van der Waals surface area contributed by atoms with Crippen molar-refractivity contribution in [3.05, 3.63) is 12.0 Å². The SMILES string of the molecule is Cc1coc(NC(=O)CC2(N)CCC2)n1. The Bertz CT molecular complexity index is 368. The Labute approximate surface area is 88.0 Å². The lowest BCUT2D eigenvalue weighted by Crippen LogP contribution is -2.48. The fourth-order valence-electron chi connectivity index (χ4n) is 1.70. The van der Waals surface area contributed by atoms with Crippen LogP contribution in [-0.4, -0.2) is 16.4 Å². The molecule has 1 aliphatic carbocycles. The summed E-state index contributed by atoms with van der Waals surface area (Å²) in [4.78, 5) is 15.5. The molecule has 1 fully saturated rings. The average Bonchev–Trinajstić information content (AvgIpc) is 2.48. The molecule has 0 aromatic carbocycles. The Morgan fingerprint density at radius 1 is 1.73 bits per heavy atom. The van der Waals surface area contributed by atoms with E-state index in [2.05, 4.69) is 10.3 Å². The van der Waals surface area contributed by atoms with Crippen LogP contribution in [0.4, 0.5) is 6.01 Å². The van der Waals surface area contributed by atoms with Crippen LogP contribution in [0.5, 0.6) is 0 Å². The van der Waals surface area contributed by atoms with Gasteiger partial charge >= 0.3 is 6.01 Å². The van der Waals surface area contributed by atoms with Crippen LogP contribution in [0, 0.1) is 6.92 Å². The predicted molar refractivity (Wildman–Crippen MR) is 55.3 cm³/mol. The van der Waals surface area contributed by atoms with Crippen LogP contribution in [0.2, 0.25) is 0 Å². The van der Waals surface area contributed by atoms with Crippen molar-refractivity contribution < 1.29 is 9.21 Å². The van der Waals surface area contributed by atoms with Crippen LogP contribution in [0.3, 0.4) is 0 Å². The van der Waals surface area contributed by atoms with Crippen molar-refractivity contribution in [2.75, 3.05) is 5.32 Å². The highest BCUT2D eigenvalue weighted by molar-refractivity contribution is 5.89. The molecule has 15 heavy (non-hydrogen) atoms. The summed E-state index contributed by atoms with van der Waals surface area (Å²) < 4.78 is 5.02. The second-order valence-electron chi connectivity index (χ2n) is 4.23. The molecule has 1 saturated carbocycles. The Balaban J connectivity index is 1.87. The first kappa shape index (κ1) is 10.2. The highest BCUT2D eigenvalue weighted by atomic mass is 16.4. The van der Waals surface area contributed by atoms with Gasteiger partial charge in [0.2, 0.25) is 5.91 Å². The van der Waals surface area contributed by atoms with Crippen molar-refractivity contribution in [3.63, 3.8) is 0 Å². The van der Waals surface area contributed by atoms with Crippen molar-refractivity contribution >= 4 is 11.9 Å². The minimum absolute atomic E-state index is 0.126. The van der Waals surface area contributed by atoms with Crippen LogP contribution in [-0.2, 0) is 4.79 Å². The fourth-order valence-corrected chi connectivity index (χ4v) is 1.70. The number of carbonyl (C=O) groups is 1. The van der Waals surface area contributed by atoms with Gasteiger partial charge in [-0.1, -0.05) is 0 Å². The van der Waals surface area contributed by atoms with Gasteiger partial charge in [-0.3, -0.25) is 10.1 Å². The Kier molecular flexibility index (Phi) is 2.48. The molecular formula is C10H15N3O2. The number of nitrogens with two attached hydrogens (primary N) is 1. The van der Waals surface area contributed by atoms with Crippen LogP contribution in [0.25, 0.3) is 0 Å². The lowest BCUT2D eigenvalue weighted by molar-refractivity contribution is -0.118. The second kappa shape index (κ2) is 3.66.